The van der Waals surface area contributed by atoms with E-state index in [1.54, 1.807) is 19.2 Å². The Morgan fingerprint density at radius 3 is 2.63 bits per heavy atom. The maximum atomic E-state index is 13.0. The van der Waals surface area contributed by atoms with Gasteiger partial charge in [-0.25, -0.2) is 0 Å². The molecule has 0 bridgehead atoms. The second kappa shape index (κ2) is 7.82. The maximum Gasteiger partial charge on any atom is 0.306 e. The Bertz CT molecular complexity index is 1130. The molecule has 1 aromatic rings. The molecule has 1 heterocycles. The molecule has 0 aliphatic heterocycles. The molecule has 4 aliphatic carbocycles. The molecule has 5 rings (SSSR count). The number of aliphatic hydroxyl groups excluding tert-OH is 1. The second-order valence-corrected chi connectivity index (χ2v) is 11.6. The van der Waals surface area contributed by atoms with E-state index in [2.05, 4.69) is 4.98 Å². The lowest BCUT2D eigenvalue weighted by Gasteiger charge is -2.50. The average Bonchev–Trinajstić information content (AvgIpc) is 3.22. The highest BCUT2D eigenvalue weighted by Gasteiger charge is 2.83. The van der Waals surface area contributed by atoms with Crippen molar-refractivity contribution in [2.75, 3.05) is 6.61 Å². The van der Waals surface area contributed by atoms with Gasteiger partial charge in [0, 0.05) is 47.9 Å². The summed E-state index contributed by atoms with van der Waals surface area (Å²) < 4.78 is 6.23. The van der Waals surface area contributed by atoms with E-state index in [0.717, 1.165) is 5.69 Å². The molecule has 7 heteroatoms. The van der Waals surface area contributed by atoms with E-state index < -0.39 is 39.8 Å². The van der Waals surface area contributed by atoms with E-state index in [1.807, 2.05) is 45.0 Å². The number of aryl methyl sites for hydroxylation is 1. The quantitative estimate of drug-likeness (QED) is 0.437. The van der Waals surface area contributed by atoms with Gasteiger partial charge in [-0.3, -0.25) is 14.6 Å². The number of hydrogen-bond acceptors (Lipinski definition) is 7. The SMILES string of the molecule is CC1=C[C@H]2[C@@]3(O)[C@H](C)C[C@]4(OC(=O)CCc5ccccn5)[C@H]([C@@H]3C=C(CO)C[C@]2(O)C1=O)C4(C)C. The first-order valence-electron chi connectivity index (χ1n) is 12.5. The highest BCUT2D eigenvalue weighted by molar-refractivity contribution is 6.04. The maximum absolute atomic E-state index is 13.0. The Morgan fingerprint density at radius 2 is 1.97 bits per heavy atom. The van der Waals surface area contributed by atoms with Crippen LogP contribution in [-0.2, 0) is 20.7 Å². The number of hydrogen-bond donors (Lipinski definition) is 3. The molecule has 188 valence electrons. The molecule has 3 N–H and O–H groups in total. The molecular weight excluding hydrogens is 446 g/mol. The number of carbonyl (C=O) groups is 2. The van der Waals surface area contributed by atoms with Crippen molar-refractivity contribution < 1.29 is 29.6 Å². The zero-order valence-corrected chi connectivity index (χ0v) is 20.8. The molecule has 0 amide bonds. The number of Topliss-reactive ketones (excluding diaryl/α,β-unsaturated/α-hetero) is 1. The van der Waals surface area contributed by atoms with E-state index in [1.165, 1.54) is 0 Å². The lowest BCUT2D eigenvalue weighted by Crippen LogP contribution is -2.61. The van der Waals surface area contributed by atoms with Crippen LogP contribution >= 0.6 is 0 Å². The standard InChI is InChI=1S/C28H35NO6/c1-16-11-21-26(33,24(16)32)14-18(15-30)12-20-23-25(3,4)27(23,13-17(2)28(20,21)34)35-22(31)9-8-19-7-5-6-10-29-19/h5-7,10-12,17,20-21,23,30,33-34H,8-9,13-15H2,1-4H3/t17-,20+,21-,23-,26-,27+,28-/m1/s1. The Morgan fingerprint density at radius 1 is 1.23 bits per heavy atom. The van der Waals surface area contributed by atoms with Crippen LogP contribution in [0.5, 0.6) is 0 Å². The van der Waals surface area contributed by atoms with Gasteiger partial charge in [-0.1, -0.05) is 39.0 Å². The summed E-state index contributed by atoms with van der Waals surface area (Å²) in [7, 11) is 0. The van der Waals surface area contributed by atoms with Gasteiger partial charge in [-0.15, -0.1) is 0 Å². The summed E-state index contributed by atoms with van der Waals surface area (Å²) in [5.74, 6) is -2.54. The third-order valence-electron chi connectivity index (χ3n) is 9.48. The van der Waals surface area contributed by atoms with Gasteiger partial charge in [0.05, 0.1) is 18.6 Å². The summed E-state index contributed by atoms with van der Waals surface area (Å²) in [4.78, 5) is 30.3. The summed E-state index contributed by atoms with van der Waals surface area (Å²) in [6.45, 7) is 7.36. The van der Waals surface area contributed by atoms with E-state index in [-0.39, 0.29) is 37.3 Å². The number of esters is 1. The molecule has 0 saturated heterocycles. The predicted molar refractivity (Wildman–Crippen MR) is 128 cm³/mol. The van der Waals surface area contributed by atoms with Crippen LogP contribution in [0.15, 0.2) is 47.7 Å². The van der Waals surface area contributed by atoms with Crippen LogP contribution in [0.2, 0.25) is 0 Å². The normalized spacial score (nSPS) is 41.1. The molecule has 0 aromatic carbocycles. The number of carbonyl (C=O) groups excluding carboxylic acids is 2. The third kappa shape index (κ3) is 3.24. The highest BCUT2D eigenvalue weighted by Crippen LogP contribution is 2.76. The van der Waals surface area contributed by atoms with Crippen LogP contribution in [0.3, 0.4) is 0 Å². The van der Waals surface area contributed by atoms with Crippen molar-refractivity contribution in [1.29, 1.82) is 0 Å². The second-order valence-electron chi connectivity index (χ2n) is 11.6. The number of aromatic nitrogens is 1. The molecule has 35 heavy (non-hydrogen) atoms. The van der Waals surface area contributed by atoms with Crippen molar-refractivity contribution in [3.63, 3.8) is 0 Å². The fraction of sp³-hybridized carbons (Fsp3) is 0.607. The van der Waals surface area contributed by atoms with Gasteiger partial charge in [-0.2, -0.15) is 0 Å². The number of pyridine rings is 1. The average molecular weight is 482 g/mol. The van der Waals surface area contributed by atoms with Gasteiger partial charge >= 0.3 is 5.97 Å². The molecule has 2 saturated carbocycles. The first-order valence-corrected chi connectivity index (χ1v) is 12.5. The zero-order chi connectivity index (χ0) is 25.4. The molecular formula is C28H35NO6. The minimum Gasteiger partial charge on any atom is -0.458 e. The summed E-state index contributed by atoms with van der Waals surface area (Å²) in [5.41, 5.74) is -2.59. The largest absolute Gasteiger partial charge is 0.458 e. The number of nitrogens with zero attached hydrogens (tertiary/aromatic N) is 1. The monoisotopic (exact) mass is 481 g/mol. The number of fused-ring (bicyclic) bond motifs is 5. The van der Waals surface area contributed by atoms with Crippen molar-refractivity contribution >= 4 is 11.8 Å². The summed E-state index contributed by atoms with van der Waals surface area (Å²) in [6, 6.07) is 5.60. The lowest BCUT2D eigenvalue weighted by atomic mass is 9.60. The van der Waals surface area contributed by atoms with Crippen molar-refractivity contribution in [3.05, 3.63) is 53.4 Å². The molecule has 4 aliphatic rings. The number of aliphatic hydroxyl groups is 3. The molecule has 1 aromatic heterocycles. The van der Waals surface area contributed by atoms with Crippen molar-refractivity contribution in [2.24, 2.45) is 29.1 Å². The van der Waals surface area contributed by atoms with E-state index in [9.17, 15) is 24.9 Å². The van der Waals surface area contributed by atoms with E-state index in [0.29, 0.717) is 24.0 Å². The van der Waals surface area contributed by atoms with Crippen LogP contribution in [0.4, 0.5) is 0 Å². The number of rotatable bonds is 5. The molecule has 7 atom stereocenters. The van der Waals surface area contributed by atoms with E-state index >= 15 is 0 Å². The van der Waals surface area contributed by atoms with Crippen molar-refractivity contribution in [3.8, 4) is 0 Å². The van der Waals surface area contributed by atoms with Crippen LogP contribution in [-0.4, -0.2) is 55.5 Å². The Kier molecular flexibility index (Phi) is 5.44. The summed E-state index contributed by atoms with van der Waals surface area (Å²) in [6.07, 6.45) is 6.37. The summed E-state index contributed by atoms with van der Waals surface area (Å²) >= 11 is 0. The van der Waals surface area contributed by atoms with Crippen LogP contribution in [0.1, 0.15) is 52.7 Å². The molecule has 2 fully saturated rings. The van der Waals surface area contributed by atoms with Crippen LogP contribution < -0.4 is 0 Å². The lowest BCUT2D eigenvalue weighted by molar-refractivity contribution is -0.187. The molecule has 7 nitrogen and oxygen atoms in total. The fourth-order valence-electron chi connectivity index (χ4n) is 7.63. The van der Waals surface area contributed by atoms with Crippen molar-refractivity contribution in [2.45, 2.75) is 70.2 Å². The number of ether oxygens (including phenoxy) is 1. The van der Waals surface area contributed by atoms with Gasteiger partial charge in [-0.05, 0) is 42.5 Å². The smallest absolute Gasteiger partial charge is 0.306 e. The van der Waals surface area contributed by atoms with Gasteiger partial charge in [0.2, 0.25) is 0 Å². The Balaban J connectivity index is 1.48. The highest BCUT2D eigenvalue weighted by atomic mass is 16.6. The predicted octanol–water partition coefficient (Wildman–Crippen LogP) is 2.54. The Labute approximate surface area is 205 Å². The minimum absolute atomic E-state index is 0.0175. The minimum atomic E-state index is -1.78. The third-order valence-corrected chi connectivity index (χ3v) is 9.48. The number of ketones is 1. The van der Waals surface area contributed by atoms with Gasteiger partial charge in [0.15, 0.2) is 5.78 Å². The summed E-state index contributed by atoms with van der Waals surface area (Å²) in [5, 5.41) is 34.0. The first kappa shape index (κ1) is 24.3. The first-order chi connectivity index (χ1) is 16.4. The molecule has 0 radical (unpaired) electrons. The van der Waals surface area contributed by atoms with Gasteiger partial charge < -0.3 is 20.1 Å². The van der Waals surface area contributed by atoms with E-state index in [4.69, 9.17) is 4.74 Å². The van der Waals surface area contributed by atoms with Crippen LogP contribution in [0.25, 0.3) is 0 Å². The molecule has 0 spiro atoms. The van der Waals surface area contributed by atoms with Crippen molar-refractivity contribution in [1.82, 2.24) is 4.98 Å². The van der Waals surface area contributed by atoms with Crippen LogP contribution in [0, 0.1) is 29.1 Å². The zero-order valence-electron chi connectivity index (χ0n) is 20.8. The molecule has 0 unspecified atom stereocenters. The Hall–Kier alpha value is -2.35. The van der Waals surface area contributed by atoms with Gasteiger partial charge in [0.1, 0.15) is 11.2 Å². The topological polar surface area (TPSA) is 117 Å². The fourth-order valence-corrected chi connectivity index (χ4v) is 7.63. The van der Waals surface area contributed by atoms with Gasteiger partial charge in [0.25, 0.3) is 0 Å².